The second kappa shape index (κ2) is 5.70. The molecule has 1 aromatic rings. The highest BCUT2D eigenvalue weighted by atomic mass is 16.2. The van der Waals surface area contributed by atoms with Gasteiger partial charge >= 0.3 is 0 Å². The molecule has 0 aliphatic carbocycles. The van der Waals surface area contributed by atoms with Crippen molar-refractivity contribution in [2.24, 2.45) is 5.73 Å². The van der Waals surface area contributed by atoms with Gasteiger partial charge in [0.05, 0.1) is 0 Å². The molecule has 0 aromatic carbocycles. The summed E-state index contributed by atoms with van der Waals surface area (Å²) in [5, 5.41) is 0. The average molecular weight is 223 g/mol. The van der Waals surface area contributed by atoms with Crippen molar-refractivity contribution in [3.05, 3.63) is 24.0 Å². The Kier molecular flexibility index (Phi) is 4.55. The van der Waals surface area contributed by atoms with Crippen LogP contribution in [0.25, 0.3) is 0 Å². The van der Waals surface area contributed by atoms with Gasteiger partial charge in [0.2, 0.25) is 0 Å². The average Bonchev–Trinajstić information content (AvgIpc) is 2.73. The predicted octanol–water partition coefficient (Wildman–Crippen LogP) is 1.49. The molecule has 0 atom stereocenters. The summed E-state index contributed by atoms with van der Waals surface area (Å²) in [5.41, 5.74) is 6.18. The van der Waals surface area contributed by atoms with E-state index in [0.717, 1.165) is 12.1 Å². The van der Waals surface area contributed by atoms with Crippen molar-refractivity contribution in [1.82, 2.24) is 9.47 Å². The number of hydrogen-bond donors (Lipinski definition) is 1. The third-order valence-corrected chi connectivity index (χ3v) is 2.60. The monoisotopic (exact) mass is 223 g/mol. The number of nitrogens with two attached hydrogens (primary N) is 1. The van der Waals surface area contributed by atoms with Crippen LogP contribution in [0.15, 0.2) is 18.3 Å². The molecule has 1 aromatic heterocycles. The number of carbonyl (C=O) groups excluding carboxylic acids is 1. The van der Waals surface area contributed by atoms with Crippen molar-refractivity contribution >= 4 is 5.91 Å². The predicted molar refractivity (Wildman–Crippen MR) is 65.4 cm³/mol. The van der Waals surface area contributed by atoms with Gasteiger partial charge in [-0.2, -0.15) is 0 Å². The van der Waals surface area contributed by atoms with E-state index in [4.69, 9.17) is 5.73 Å². The molecule has 1 rings (SSSR count). The maximum atomic E-state index is 12.1. The van der Waals surface area contributed by atoms with Crippen LogP contribution in [-0.4, -0.2) is 35.5 Å². The summed E-state index contributed by atoms with van der Waals surface area (Å²) in [6.07, 6.45) is 2.78. The van der Waals surface area contributed by atoms with Crippen molar-refractivity contribution in [2.45, 2.75) is 26.3 Å². The van der Waals surface area contributed by atoms with Crippen molar-refractivity contribution in [3.63, 3.8) is 0 Å². The third kappa shape index (κ3) is 2.85. The molecule has 0 saturated carbocycles. The van der Waals surface area contributed by atoms with Gasteiger partial charge in [0.15, 0.2) is 0 Å². The minimum atomic E-state index is 0.0622. The first-order valence-corrected chi connectivity index (χ1v) is 5.70. The summed E-state index contributed by atoms with van der Waals surface area (Å²) in [6, 6.07) is 4.07. The number of nitrogens with zero attached hydrogens (tertiary/aromatic N) is 2. The van der Waals surface area contributed by atoms with E-state index in [0.29, 0.717) is 19.1 Å². The van der Waals surface area contributed by atoms with Gasteiger partial charge in [-0.3, -0.25) is 4.79 Å². The van der Waals surface area contributed by atoms with E-state index in [1.54, 1.807) is 4.90 Å². The first-order chi connectivity index (χ1) is 7.57. The minimum absolute atomic E-state index is 0.0622. The summed E-state index contributed by atoms with van der Waals surface area (Å²) in [4.78, 5) is 13.8. The maximum absolute atomic E-state index is 12.1. The highest BCUT2D eigenvalue weighted by Crippen LogP contribution is 2.12. The lowest BCUT2D eigenvalue weighted by molar-refractivity contribution is 0.0782. The van der Waals surface area contributed by atoms with Crippen LogP contribution in [-0.2, 0) is 0 Å². The zero-order chi connectivity index (χ0) is 12.1. The van der Waals surface area contributed by atoms with Crippen molar-refractivity contribution in [2.75, 3.05) is 20.1 Å². The molecule has 0 fully saturated rings. The lowest BCUT2D eigenvalue weighted by Gasteiger charge is -2.19. The van der Waals surface area contributed by atoms with Crippen LogP contribution in [0.5, 0.6) is 0 Å². The number of aromatic nitrogens is 1. The maximum Gasteiger partial charge on any atom is 0.270 e. The molecule has 4 nitrogen and oxygen atoms in total. The van der Waals surface area contributed by atoms with Gasteiger partial charge in [-0.15, -0.1) is 0 Å². The van der Waals surface area contributed by atoms with E-state index >= 15 is 0 Å². The van der Waals surface area contributed by atoms with Crippen LogP contribution in [0.3, 0.4) is 0 Å². The van der Waals surface area contributed by atoms with E-state index in [1.165, 1.54) is 0 Å². The first-order valence-electron chi connectivity index (χ1n) is 5.70. The summed E-state index contributed by atoms with van der Waals surface area (Å²) in [5.74, 6) is 0.0622. The van der Waals surface area contributed by atoms with Gasteiger partial charge in [-0.1, -0.05) is 0 Å². The van der Waals surface area contributed by atoms with Crippen LogP contribution in [0.2, 0.25) is 0 Å². The quantitative estimate of drug-likeness (QED) is 0.822. The van der Waals surface area contributed by atoms with Crippen molar-refractivity contribution < 1.29 is 4.79 Å². The largest absolute Gasteiger partial charge is 0.341 e. The fourth-order valence-corrected chi connectivity index (χ4v) is 1.65. The molecule has 90 valence electrons. The Morgan fingerprint density at radius 1 is 1.56 bits per heavy atom. The fraction of sp³-hybridized carbons (Fsp3) is 0.583. The third-order valence-electron chi connectivity index (χ3n) is 2.60. The van der Waals surface area contributed by atoms with Crippen molar-refractivity contribution in [3.8, 4) is 0 Å². The Labute approximate surface area is 97.0 Å². The lowest BCUT2D eigenvalue weighted by atomic mass is 10.3. The summed E-state index contributed by atoms with van der Waals surface area (Å²) >= 11 is 0. The number of rotatable bonds is 5. The smallest absolute Gasteiger partial charge is 0.270 e. The molecule has 4 heteroatoms. The van der Waals surface area contributed by atoms with E-state index in [2.05, 4.69) is 13.8 Å². The summed E-state index contributed by atoms with van der Waals surface area (Å²) in [6.45, 7) is 5.45. The van der Waals surface area contributed by atoms with E-state index in [-0.39, 0.29) is 5.91 Å². The molecule has 1 heterocycles. The number of amides is 1. The molecule has 0 aliphatic heterocycles. The van der Waals surface area contributed by atoms with Gasteiger partial charge in [0.1, 0.15) is 5.69 Å². The molecule has 16 heavy (non-hydrogen) atoms. The number of hydrogen-bond acceptors (Lipinski definition) is 2. The Morgan fingerprint density at radius 3 is 2.81 bits per heavy atom. The van der Waals surface area contributed by atoms with Gasteiger partial charge in [-0.05, 0) is 38.9 Å². The molecule has 0 aliphatic rings. The lowest BCUT2D eigenvalue weighted by Crippen LogP contribution is -2.30. The van der Waals surface area contributed by atoms with Crippen LogP contribution in [0, 0.1) is 0 Å². The van der Waals surface area contributed by atoms with Gasteiger partial charge in [-0.25, -0.2) is 0 Å². The molecule has 0 radical (unpaired) electrons. The standard InChI is InChI=1S/C12H21N3O/c1-10(2)15-9-4-6-11(15)12(16)14(3)8-5-7-13/h4,6,9-10H,5,7-8,13H2,1-3H3. The summed E-state index contributed by atoms with van der Waals surface area (Å²) in [7, 11) is 1.82. The molecule has 0 saturated heterocycles. The Morgan fingerprint density at radius 2 is 2.25 bits per heavy atom. The normalized spacial score (nSPS) is 10.8. The molecule has 0 spiro atoms. The molecule has 0 unspecified atom stereocenters. The zero-order valence-corrected chi connectivity index (χ0v) is 10.3. The highest BCUT2D eigenvalue weighted by Gasteiger charge is 2.16. The van der Waals surface area contributed by atoms with E-state index in [9.17, 15) is 4.79 Å². The SMILES string of the molecule is CC(C)n1cccc1C(=O)N(C)CCCN. The molecule has 2 N–H and O–H groups in total. The van der Waals surface area contributed by atoms with Crippen LogP contribution < -0.4 is 5.73 Å². The Balaban J connectivity index is 2.75. The van der Waals surface area contributed by atoms with Crippen LogP contribution in [0.1, 0.15) is 36.8 Å². The first kappa shape index (κ1) is 12.8. The molecule has 1 amide bonds. The minimum Gasteiger partial charge on any atom is -0.341 e. The molecular weight excluding hydrogens is 202 g/mol. The van der Waals surface area contributed by atoms with Gasteiger partial charge in [0.25, 0.3) is 5.91 Å². The topological polar surface area (TPSA) is 51.3 Å². The Bertz CT molecular complexity index is 344. The van der Waals surface area contributed by atoms with Gasteiger partial charge in [0, 0.05) is 25.8 Å². The van der Waals surface area contributed by atoms with E-state index in [1.807, 2.05) is 29.9 Å². The molecule has 0 bridgehead atoms. The highest BCUT2D eigenvalue weighted by molar-refractivity contribution is 5.92. The van der Waals surface area contributed by atoms with Crippen LogP contribution in [0.4, 0.5) is 0 Å². The van der Waals surface area contributed by atoms with E-state index < -0.39 is 0 Å². The fourth-order valence-electron chi connectivity index (χ4n) is 1.65. The Hall–Kier alpha value is -1.29. The van der Waals surface area contributed by atoms with Crippen LogP contribution >= 0.6 is 0 Å². The number of carbonyl (C=O) groups is 1. The summed E-state index contributed by atoms with van der Waals surface area (Å²) < 4.78 is 1.99. The zero-order valence-electron chi connectivity index (χ0n) is 10.3. The second-order valence-corrected chi connectivity index (χ2v) is 4.26. The van der Waals surface area contributed by atoms with Crippen molar-refractivity contribution in [1.29, 1.82) is 0 Å². The van der Waals surface area contributed by atoms with Gasteiger partial charge < -0.3 is 15.2 Å². The second-order valence-electron chi connectivity index (χ2n) is 4.26. The molecular formula is C12H21N3O.